The molecule has 5 aromatic rings. The van der Waals surface area contributed by atoms with E-state index in [1.807, 2.05) is 85.8 Å². The molecule has 1 amide bonds. The largest absolute Gasteiger partial charge is 0.396 e. The van der Waals surface area contributed by atoms with E-state index in [9.17, 15) is 4.79 Å². The van der Waals surface area contributed by atoms with Gasteiger partial charge in [-0.25, -0.2) is 9.97 Å². The molecular formula is C32H30N4O2. The molecule has 6 nitrogen and oxygen atoms in total. The number of nitrogens with one attached hydrogen (secondary N) is 2. The molecule has 5 rings (SSSR count). The van der Waals surface area contributed by atoms with Gasteiger partial charge in [-0.15, -0.1) is 0 Å². The van der Waals surface area contributed by atoms with Crippen molar-refractivity contribution in [1.29, 1.82) is 0 Å². The summed E-state index contributed by atoms with van der Waals surface area (Å²) < 4.78 is 0. The summed E-state index contributed by atoms with van der Waals surface area (Å²) in [6, 6.07) is 31.4. The van der Waals surface area contributed by atoms with Crippen LogP contribution in [0.25, 0.3) is 22.2 Å². The summed E-state index contributed by atoms with van der Waals surface area (Å²) >= 11 is 0. The maximum Gasteiger partial charge on any atom is 0.255 e. The molecule has 0 atom stereocenters. The first kappa shape index (κ1) is 25.1. The monoisotopic (exact) mass is 502 g/mol. The van der Waals surface area contributed by atoms with Crippen LogP contribution in [0.4, 0.5) is 17.3 Å². The maximum atomic E-state index is 13.0. The molecule has 0 aliphatic heterocycles. The molecule has 0 saturated heterocycles. The fourth-order valence-electron chi connectivity index (χ4n) is 4.38. The average Bonchev–Trinajstić information content (AvgIpc) is 2.95. The van der Waals surface area contributed by atoms with Gasteiger partial charge in [0, 0.05) is 34.5 Å². The van der Waals surface area contributed by atoms with Crippen molar-refractivity contribution in [3.63, 3.8) is 0 Å². The van der Waals surface area contributed by atoms with Gasteiger partial charge >= 0.3 is 0 Å². The summed E-state index contributed by atoms with van der Waals surface area (Å²) in [5.74, 6) is 0.328. The van der Waals surface area contributed by atoms with Gasteiger partial charge in [0.1, 0.15) is 0 Å². The van der Waals surface area contributed by atoms with Crippen LogP contribution in [0.15, 0.2) is 97.1 Å². The molecule has 6 heteroatoms. The maximum absolute atomic E-state index is 13.0. The molecule has 1 heterocycles. The summed E-state index contributed by atoms with van der Waals surface area (Å²) in [5, 5.41) is 16.3. The number of fused-ring (bicyclic) bond motifs is 1. The van der Waals surface area contributed by atoms with Gasteiger partial charge in [0.25, 0.3) is 5.91 Å². The van der Waals surface area contributed by atoms with Crippen molar-refractivity contribution in [2.75, 3.05) is 17.2 Å². The number of aryl methyl sites for hydroxylation is 2. The van der Waals surface area contributed by atoms with Crippen LogP contribution in [0.2, 0.25) is 0 Å². The van der Waals surface area contributed by atoms with E-state index >= 15 is 0 Å². The zero-order valence-electron chi connectivity index (χ0n) is 21.3. The van der Waals surface area contributed by atoms with E-state index in [2.05, 4.69) is 16.7 Å². The number of carbonyl (C=O) groups is 1. The number of rotatable bonds is 9. The first-order chi connectivity index (χ1) is 18.6. The van der Waals surface area contributed by atoms with Crippen molar-refractivity contribution in [2.24, 2.45) is 0 Å². The molecule has 0 radical (unpaired) electrons. The molecule has 3 N–H and O–H groups in total. The molecule has 0 saturated carbocycles. The fourth-order valence-corrected chi connectivity index (χ4v) is 4.38. The predicted molar refractivity (Wildman–Crippen MR) is 154 cm³/mol. The van der Waals surface area contributed by atoms with E-state index in [-0.39, 0.29) is 12.5 Å². The van der Waals surface area contributed by atoms with Gasteiger partial charge < -0.3 is 15.7 Å². The average molecular weight is 503 g/mol. The van der Waals surface area contributed by atoms with Gasteiger partial charge in [-0.05, 0) is 73.7 Å². The third-order valence-electron chi connectivity index (χ3n) is 6.48. The van der Waals surface area contributed by atoms with E-state index in [4.69, 9.17) is 15.1 Å². The first-order valence-electron chi connectivity index (χ1n) is 12.8. The lowest BCUT2D eigenvalue weighted by Gasteiger charge is -2.12. The Kier molecular flexibility index (Phi) is 7.71. The van der Waals surface area contributed by atoms with E-state index in [0.29, 0.717) is 11.5 Å². The van der Waals surface area contributed by atoms with Crippen LogP contribution in [0.5, 0.6) is 0 Å². The highest BCUT2D eigenvalue weighted by atomic mass is 16.2. The number of benzene rings is 4. The number of para-hydroxylation sites is 1. The number of anilines is 3. The molecular weight excluding hydrogens is 472 g/mol. The summed E-state index contributed by atoms with van der Waals surface area (Å²) in [7, 11) is 0. The minimum Gasteiger partial charge on any atom is -0.396 e. The summed E-state index contributed by atoms with van der Waals surface area (Å²) in [4.78, 5) is 22.5. The Morgan fingerprint density at radius 1 is 0.842 bits per heavy atom. The minimum absolute atomic E-state index is 0.166. The van der Waals surface area contributed by atoms with E-state index in [0.717, 1.165) is 63.9 Å². The highest BCUT2D eigenvalue weighted by Crippen LogP contribution is 2.28. The van der Waals surface area contributed by atoms with E-state index in [1.165, 1.54) is 0 Å². The number of aromatic nitrogens is 2. The van der Waals surface area contributed by atoms with Crippen LogP contribution in [-0.4, -0.2) is 27.6 Å². The highest BCUT2D eigenvalue weighted by Gasteiger charge is 2.12. The molecule has 0 spiro atoms. The van der Waals surface area contributed by atoms with Gasteiger partial charge in [-0.2, -0.15) is 0 Å². The SMILES string of the molecule is Cc1ccc(CCCCO)cc1NC(=O)c1ccc(Nc2nc(-c3ccccc3)c3ccccc3n2)cc1. The Morgan fingerprint density at radius 3 is 2.39 bits per heavy atom. The van der Waals surface area contributed by atoms with Gasteiger partial charge in [-0.1, -0.05) is 60.7 Å². The molecule has 1 aromatic heterocycles. The predicted octanol–water partition coefficient (Wildman–Crippen LogP) is 6.92. The topological polar surface area (TPSA) is 87.1 Å². The summed E-state index contributed by atoms with van der Waals surface area (Å²) in [6.45, 7) is 2.18. The number of aliphatic hydroxyl groups excluding tert-OH is 1. The quantitative estimate of drug-likeness (QED) is 0.191. The van der Waals surface area contributed by atoms with Crippen molar-refractivity contribution in [1.82, 2.24) is 9.97 Å². The number of aliphatic hydroxyl groups is 1. The Morgan fingerprint density at radius 2 is 1.61 bits per heavy atom. The standard InChI is InChI=1S/C32H30N4O2/c1-22-14-15-23(9-7-8-20-37)21-29(22)34-31(38)25-16-18-26(19-17-25)33-32-35-28-13-6-5-12-27(28)30(36-32)24-10-3-2-4-11-24/h2-6,10-19,21,37H,7-9,20H2,1H3,(H,34,38)(H,33,35,36). The number of nitrogens with zero attached hydrogens (tertiary/aromatic N) is 2. The number of hydrogen-bond donors (Lipinski definition) is 3. The molecule has 4 aromatic carbocycles. The third kappa shape index (κ3) is 5.88. The zero-order chi connectivity index (χ0) is 26.3. The Bertz CT molecular complexity index is 1550. The van der Waals surface area contributed by atoms with Crippen LogP contribution >= 0.6 is 0 Å². The second-order valence-corrected chi connectivity index (χ2v) is 9.27. The van der Waals surface area contributed by atoms with Gasteiger partial charge in [0.15, 0.2) is 0 Å². The van der Waals surface area contributed by atoms with Crippen molar-refractivity contribution >= 4 is 34.1 Å². The fraction of sp³-hybridized carbons (Fsp3) is 0.156. The van der Waals surface area contributed by atoms with Gasteiger partial charge in [0.05, 0.1) is 11.2 Å². The number of unbranched alkanes of at least 4 members (excludes halogenated alkanes) is 1. The smallest absolute Gasteiger partial charge is 0.255 e. The molecule has 0 unspecified atom stereocenters. The van der Waals surface area contributed by atoms with Crippen molar-refractivity contribution < 1.29 is 9.90 Å². The lowest BCUT2D eigenvalue weighted by molar-refractivity contribution is 0.102. The first-order valence-corrected chi connectivity index (χ1v) is 12.8. The zero-order valence-corrected chi connectivity index (χ0v) is 21.3. The van der Waals surface area contributed by atoms with Gasteiger partial charge in [-0.3, -0.25) is 4.79 Å². The molecule has 38 heavy (non-hydrogen) atoms. The molecule has 0 aliphatic carbocycles. The van der Waals surface area contributed by atoms with E-state index < -0.39 is 0 Å². The van der Waals surface area contributed by atoms with E-state index in [1.54, 1.807) is 12.1 Å². The second-order valence-electron chi connectivity index (χ2n) is 9.27. The van der Waals surface area contributed by atoms with Crippen LogP contribution in [-0.2, 0) is 6.42 Å². The van der Waals surface area contributed by atoms with Crippen molar-refractivity contribution in [3.05, 3.63) is 114 Å². The molecule has 0 aliphatic rings. The van der Waals surface area contributed by atoms with Crippen molar-refractivity contribution in [2.45, 2.75) is 26.2 Å². The second kappa shape index (κ2) is 11.7. The summed E-state index contributed by atoms with van der Waals surface area (Å²) in [5.41, 5.74) is 7.04. The lowest BCUT2D eigenvalue weighted by Crippen LogP contribution is -2.13. The number of carbonyl (C=O) groups excluding carboxylic acids is 1. The van der Waals surface area contributed by atoms with Gasteiger partial charge in [0.2, 0.25) is 5.95 Å². The lowest BCUT2D eigenvalue weighted by atomic mass is 10.0. The normalized spacial score (nSPS) is 10.9. The van der Waals surface area contributed by atoms with Crippen LogP contribution in [0, 0.1) is 6.92 Å². The summed E-state index contributed by atoms with van der Waals surface area (Å²) in [6.07, 6.45) is 2.55. The molecule has 0 fully saturated rings. The number of hydrogen-bond acceptors (Lipinski definition) is 5. The highest BCUT2D eigenvalue weighted by molar-refractivity contribution is 6.05. The number of amides is 1. The Balaban J connectivity index is 1.32. The third-order valence-corrected chi connectivity index (χ3v) is 6.48. The van der Waals surface area contributed by atoms with Crippen LogP contribution < -0.4 is 10.6 Å². The molecule has 190 valence electrons. The Labute approximate surface area is 222 Å². The van der Waals surface area contributed by atoms with Crippen molar-refractivity contribution in [3.8, 4) is 11.3 Å². The molecule has 0 bridgehead atoms. The Hall–Kier alpha value is -4.55. The van der Waals surface area contributed by atoms with Crippen LogP contribution in [0.1, 0.15) is 34.3 Å². The van der Waals surface area contributed by atoms with Crippen LogP contribution in [0.3, 0.4) is 0 Å². The minimum atomic E-state index is -0.166.